The smallest absolute Gasteiger partial charge is 0.227 e. The molecule has 0 radical (unpaired) electrons. The van der Waals surface area contributed by atoms with E-state index in [0.29, 0.717) is 35.8 Å². The Hall–Kier alpha value is -3.95. The fourth-order valence-corrected chi connectivity index (χ4v) is 3.99. The van der Waals surface area contributed by atoms with Crippen LogP contribution in [0.4, 0.5) is 26.1 Å². The summed E-state index contributed by atoms with van der Waals surface area (Å²) in [7, 11) is 1.56. The summed E-state index contributed by atoms with van der Waals surface area (Å²) in [4.78, 5) is 10.4. The highest BCUT2D eigenvalue weighted by Gasteiger charge is 2.25. The number of nitrogens with zero attached hydrogens (tertiary/aromatic N) is 4. The molecule has 0 atom stereocenters. The number of rotatable bonds is 5. The Bertz CT molecular complexity index is 1340. The first kappa shape index (κ1) is 20.9. The molecule has 1 aliphatic rings. The molecule has 3 heterocycles. The molecule has 5 rings (SSSR count). The number of halogens is 2. The van der Waals surface area contributed by atoms with E-state index in [1.165, 1.54) is 6.07 Å². The van der Waals surface area contributed by atoms with Crippen molar-refractivity contribution in [1.29, 1.82) is 0 Å². The molecule has 2 N–H and O–H groups in total. The van der Waals surface area contributed by atoms with Crippen molar-refractivity contribution in [3.8, 4) is 22.8 Å². The Morgan fingerprint density at radius 3 is 2.79 bits per heavy atom. The summed E-state index contributed by atoms with van der Waals surface area (Å²) in [6.45, 7) is 5.03. The monoisotopic (exact) mass is 452 g/mol. The van der Waals surface area contributed by atoms with Crippen molar-refractivity contribution in [3.63, 3.8) is 0 Å². The SMILES string of the molecule is COc1cc(Nc2ncc(F)c(-c3cc(F)c4c(c3)N(C(C)C)CCO4)n2)cc2[nH]ncc12. The van der Waals surface area contributed by atoms with E-state index in [9.17, 15) is 8.78 Å². The Labute approximate surface area is 188 Å². The third-order valence-electron chi connectivity index (χ3n) is 5.55. The van der Waals surface area contributed by atoms with Crippen LogP contribution in [0.3, 0.4) is 0 Å². The van der Waals surface area contributed by atoms with Gasteiger partial charge in [-0.05, 0) is 32.0 Å². The maximum atomic E-state index is 14.9. The molecular formula is C23H22F2N6O2. The molecule has 8 nitrogen and oxygen atoms in total. The number of aromatic nitrogens is 4. The maximum absolute atomic E-state index is 14.9. The first-order valence-corrected chi connectivity index (χ1v) is 10.5. The van der Waals surface area contributed by atoms with Crippen molar-refractivity contribution in [3.05, 3.63) is 48.3 Å². The number of hydrogen-bond donors (Lipinski definition) is 2. The molecule has 0 aliphatic carbocycles. The molecule has 0 unspecified atom stereocenters. The van der Waals surface area contributed by atoms with E-state index in [2.05, 4.69) is 25.5 Å². The Kier molecular flexibility index (Phi) is 5.20. The lowest BCUT2D eigenvalue weighted by Gasteiger charge is -2.34. The highest BCUT2D eigenvalue weighted by molar-refractivity contribution is 5.88. The van der Waals surface area contributed by atoms with Gasteiger partial charge in [0.2, 0.25) is 5.95 Å². The van der Waals surface area contributed by atoms with Crippen LogP contribution in [0.15, 0.2) is 36.7 Å². The minimum absolute atomic E-state index is 0.0157. The largest absolute Gasteiger partial charge is 0.496 e. The first-order valence-electron chi connectivity index (χ1n) is 10.5. The quantitative estimate of drug-likeness (QED) is 0.455. The molecule has 4 aromatic rings. The van der Waals surface area contributed by atoms with E-state index < -0.39 is 11.6 Å². The van der Waals surface area contributed by atoms with E-state index in [-0.39, 0.29) is 23.4 Å². The summed E-state index contributed by atoms with van der Waals surface area (Å²) in [6, 6.07) is 6.64. The van der Waals surface area contributed by atoms with Crippen LogP contribution in [-0.2, 0) is 0 Å². The molecule has 1 aliphatic heterocycles. The van der Waals surface area contributed by atoms with Crippen LogP contribution in [0.5, 0.6) is 11.5 Å². The summed E-state index contributed by atoms with van der Waals surface area (Å²) in [5.41, 5.74) is 2.24. The van der Waals surface area contributed by atoms with Gasteiger partial charge in [-0.2, -0.15) is 5.10 Å². The zero-order valence-corrected chi connectivity index (χ0v) is 18.3. The van der Waals surface area contributed by atoms with Gasteiger partial charge in [0.1, 0.15) is 18.1 Å². The third kappa shape index (κ3) is 3.77. The molecule has 0 bridgehead atoms. The third-order valence-corrected chi connectivity index (χ3v) is 5.55. The topological polar surface area (TPSA) is 88.2 Å². The Morgan fingerprint density at radius 1 is 1.15 bits per heavy atom. The van der Waals surface area contributed by atoms with Crippen LogP contribution < -0.4 is 19.7 Å². The highest BCUT2D eigenvalue weighted by Crippen LogP contribution is 2.39. The van der Waals surface area contributed by atoms with Crippen LogP contribution in [0.2, 0.25) is 0 Å². The van der Waals surface area contributed by atoms with E-state index in [1.807, 2.05) is 24.8 Å². The van der Waals surface area contributed by atoms with Crippen molar-refractivity contribution >= 4 is 28.2 Å². The maximum Gasteiger partial charge on any atom is 0.227 e. The molecular weight excluding hydrogens is 430 g/mol. The van der Waals surface area contributed by atoms with Crippen molar-refractivity contribution < 1.29 is 18.3 Å². The van der Waals surface area contributed by atoms with E-state index >= 15 is 0 Å². The van der Waals surface area contributed by atoms with Crippen LogP contribution in [0.1, 0.15) is 13.8 Å². The molecule has 2 aromatic heterocycles. The molecule has 2 aromatic carbocycles. The lowest BCUT2D eigenvalue weighted by Crippen LogP contribution is -2.38. The van der Waals surface area contributed by atoms with Gasteiger partial charge >= 0.3 is 0 Å². The predicted molar refractivity (Wildman–Crippen MR) is 121 cm³/mol. The number of benzene rings is 2. The molecule has 170 valence electrons. The van der Waals surface area contributed by atoms with E-state index in [1.54, 1.807) is 25.4 Å². The average molecular weight is 452 g/mol. The van der Waals surface area contributed by atoms with Gasteiger partial charge in [0.25, 0.3) is 0 Å². The van der Waals surface area contributed by atoms with Crippen molar-refractivity contribution in [2.75, 3.05) is 30.5 Å². The fourth-order valence-electron chi connectivity index (χ4n) is 3.99. The van der Waals surface area contributed by atoms with Crippen LogP contribution in [0.25, 0.3) is 22.2 Å². The minimum atomic E-state index is -0.658. The number of hydrogen-bond acceptors (Lipinski definition) is 7. The van der Waals surface area contributed by atoms with E-state index in [4.69, 9.17) is 9.47 Å². The molecule has 0 spiro atoms. The average Bonchev–Trinajstić information content (AvgIpc) is 3.28. The normalized spacial score (nSPS) is 13.2. The van der Waals surface area contributed by atoms with Gasteiger partial charge in [0.05, 0.1) is 42.6 Å². The Balaban J connectivity index is 1.54. The summed E-state index contributed by atoms with van der Waals surface area (Å²) in [5.74, 6) is -0.283. The Morgan fingerprint density at radius 2 is 2.00 bits per heavy atom. The standard InChI is InChI=1S/C23H22F2N6O2/c1-12(2)31-4-5-33-22-16(24)6-13(7-19(22)31)21-17(25)11-26-23(29-21)28-14-8-18-15(10-27-30-18)20(9-14)32-3/h6-12H,4-5H2,1-3H3,(H,27,30)(H,26,28,29). The van der Waals surface area contributed by atoms with Gasteiger partial charge in [-0.1, -0.05) is 0 Å². The van der Waals surface area contributed by atoms with Crippen LogP contribution in [0, 0.1) is 11.6 Å². The van der Waals surface area contributed by atoms with Crippen molar-refractivity contribution in [1.82, 2.24) is 20.2 Å². The number of H-pyrrole nitrogens is 1. The lowest BCUT2D eigenvalue weighted by molar-refractivity contribution is 0.287. The van der Waals surface area contributed by atoms with Crippen molar-refractivity contribution in [2.24, 2.45) is 0 Å². The lowest BCUT2D eigenvalue weighted by atomic mass is 10.1. The van der Waals surface area contributed by atoms with Crippen molar-refractivity contribution in [2.45, 2.75) is 19.9 Å². The zero-order valence-electron chi connectivity index (χ0n) is 18.3. The number of ether oxygens (including phenoxy) is 2. The van der Waals surface area contributed by atoms with Gasteiger partial charge in [-0.3, -0.25) is 5.10 Å². The van der Waals surface area contributed by atoms with E-state index in [0.717, 1.165) is 17.1 Å². The first-order chi connectivity index (χ1) is 15.9. The zero-order chi connectivity index (χ0) is 23.1. The summed E-state index contributed by atoms with van der Waals surface area (Å²) in [5, 5.41) is 10.8. The van der Waals surface area contributed by atoms with Gasteiger partial charge in [-0.15, -0.1) is 0 Å². The number of methoxy groups -OCH3 is 1. The summed E-state index contributed by atoms with van der Waals surface area (Å²) >= 11 is 0. The molecule has 10 heteroatoms. The predicted octanol–water partition coefficient (Wildman–Crippen LogP) is 4.66. The second-order valence-electron chi connectivity index (χ2n) is 7.97. The molecule has 0 saturated heterocycles. The second kappa shape index (κ2) is 8.19. The van der Waals surface area contributed by atoms with Crippen LogP contribution >= 0.6 is 0 Å². The number of nitrogens with one attached hydrogen (secondary N) is 2. The summed E-state index contributed by atoms with van der Waals surface area (Å²) in [6.07, 6.45) is 2.73. The molecule has 33 heavy (non-hydrogen) atoms. The minimum Gasteiger partial charge on any atom is -0.496 e. The molecule has 0 fully saturated rings. The second-order valence-corrected chi connectivity index (χ2v) is 7.97. The number of fused-ring (bicyclic) bond motifs is 2. The van der Waals surface area contributed by atoms with Gasteiger partial charge in [0.15, 0.2) is 17.4 Å². The molecule has 0 amide bonds. The number of aromatic amines is 1. The van der Waals surface area contributed by atoms with Crippen LogP contribution in [-0.4, -0.2) is 46.5 Å². The van der Waals surface area contributed by atoms with Gasteiger partial charge < -0.3 is 19.7 Å². The summed E-state index contributed by atoms with van der Waals surface area (Å²) < 4.78 is 40.6. The highest BCUT2D eigenvalue weighted by atomic mass is 19.1. The fraction of sp³-hybridized carbons (Fsp3) is 0.261. The molecule has 0 saturated carbocycles. The number of anilines is 3. The van der Waals surface area contributed by atoms with Gasteiger partial charge in [0, 0.05) is 23.4 Å². The van der Waals surface area contributed by atoms with Gasteiger partial charge in [-0.25, -0.2) is 18.7 Å².